The summed E-state index contributed by atoms with van der Waals surface area (Å²) in [5, 5.41) is 2.87. The van der Waals surface area contributed by atoms with Crippen LogP contribution in [0, 0.1) is 11.8 Å². The quantitative estimate of drug-likeness (QED) is 0.802. The third kappa shape index (κ3) is 5.27. The van der Waals surface area contributed by atoms with E-state index in [4.69, 9.17) is 0 Å². The second-order valence-corrected chi connectivity index (χ2v) is 8.11. The normalized spacial score (nSPS) is 19.2. The van der Waals surface area contributed by atoms with Crippen LogP contribution in [0.1, 0.15) is 51.4 Å². The summed E-state index contributed by atoms with van der Waals surface area (Å²) in [6.07, 6.45) is 10.1. The molecule has 0 unspecified atom stereocenters. The molecule has 1 aromatic heterocycles. The second kappa shape index (κ2) is 8.79. The average molecular weight is 408 g/mol. The molecule has 3 rings (SSSR count). The number of carbonyl (C=O) groups is 2. The number of anilines is 1. The molecule has 1 aliphatic heterocycles. The van der Waals surface area contributed by atoms with E-state index in [-0.39, 0.29) is 17.7 Å². The van der Waals surface area contributed by atoms with Crippen LogP contribution in [0.3, 0.4) is 0 Å². The highest BCUT2D eigenvalue weighted by atomic mass is 79.9. The van der Waals surface area contributed by atoms with Crippen LogP contribution in [0.25, 0.3) is 0 Å². The van der Waals surface area contributed by atoms with Gasteiger partial charge in [-0.2, -0.15) is 0 Å². The Balaban J connectivity index is 1.40. The number of nitrogens with zero attached hydrogens (tertiary/aromatic N) is 2. The Hall–Kier alpha value is -1.43. The van der Waals surface area contributed by atoms with E-state index in [0.717, 1.165) is 29.7 Å². The van der Waals surface area contributed by atoms with Crippen molar-refractivity contribution >= 4 is 33.6 Å². The van der Waals surface area contributed by atoms with E-state index in [1.54, 1.807) is 12.3 Å². The van der Waals surface area contributed by atoms with E-state index in [2.05, 4.69) is 26.2 Å². The van der Waals surface area contributed by atoms with Crippen LogP contribution in [-0.2, 0) is 9.59 Å². The summed E-state index contributed by atoms with van der Waals surface area (Å²) < 4.78 is 0.884. The largest absolute Gasteiger partial charge is 0.343 e. The second-order valence-electron chi connectivity index (χ2n) is 7.20. The lowest BCUT2D eigenvalue weighted by Crippen LogP contribution is -2.41. The van der Waals surface area contributed by atoms with Gasteiger partial charge in [0, 0.05) is 36.1 Å². The summed E-state index contributed by atoms with van der Waals surface area (Å²) in [6.45, 7) is 1.38. The van der Waals surface area contributed by atoms with Gasteiger partial charge < -0.3 is 10.2 Å². The summed E-state index contributed by atoms with van der Waals surface area (Å²) in [7, 11) is 0. The fraction of sp³-hybridized carbons (Fsp3) is 0.632. The number of hydrogen-bond acceptors (Lipinski definition) is 3. The van der Waals surface area contributed by atoms with Crippen molar-refractivity contribution in [1.82, 2.24) is 9.88 Å². The number of rotatable bonds is 5. The van der Waals surface area contributed by atoms with E-state index < -0.39 is 0 Å². The number of amides is 2. The highest BCUT2D eigenvalue weighted by Crippen LogP contribution is 2.29. The molecule has 0 spiro atoms. The van der Waals surface area contributed by atoms with Gasteiger partial charge in [0.05, 0.1) is 0 Å². The SMILES string of the molecule is O=C(Nc1ccc(Br)cn1)C1CCN(C(=O)CCC2CCCC2)CC1. The van der Waals surface area contributed by atoms with Gasteiger partial charge in [-0.1, -0.05) is 25.7 Å². The number of nitrogens with one attached hydrogen (secondary N) is 1. The van der Waals surface area contributed by atoms with E-state index in [1.807, 2.05) is 11.0 Å². The van der Waals surface area contributed by atoms with Crippen molar-refractivity contribution in [3.05, 3.63) is 22.8 Å². The molecule has 1 N–H and O–H groups in total. The number of piperidine rings is 1. The monoisotopic (exact) mass is 407 g/mol. The van der Waals surface area contributed by atoms with Crippen LogP contribution in [0.4, 0.5) is 5.82 Å². The van der Waals surface area contributed by atoms with Crippen molar-refractivity contribution in [1.29, 1.82) is 0 Å². The molecule has 5 nitrogen and oxygen atoms in total. The number of halogens is 1. The van der Waals surface area contributed by atoms with Crippen molar-refractivity contribution in [3.63, 3.8) is 0 Å². The topological polar surface area (TPSA) is 62.3 Å². The molecule has 0 radical (unpaired) electrons. The molecular formula is C19H26BrN3O2. The van der Waals surface area contributed by atoms with Gasteiger partial charge in [-0.25, -0.2) is 4.98 Å². The van der Waals surface area contributed by atoms with Gasteiger partial charge in [0.2, 0.25) is 11.8 Å². The molecule has 2 heterocycles. The molecule has 1 saturated carbocycles. The van der Waals surface area contributed by atoms with Gasteiger partial charge in [-0.15, -0.1) is 0 Å². The van der Waals surface area contributed by atoms with Crippen molar-refractivity contribution in [3.8, 4) is 0 Å². The van der Waals surface area contributed by atoms with Crippen LogP contribution in [-0.4, -0.2) is 34.8 Å². The lowest BCUT2D eigenvalue weighted by Gasteiger charge is -2.31. The summed E-state index contributed by atoms with van der Waals surface area (Å²) in [4.78, 5) is 30.8. The molecule has 1 aromatic rings. The lowest BCUT2D eigenvalue weighted by molar-refractivity contribution is -0.134. The molecule has 25 heavy (non-hydrogen) atoms. The summed E-state index contributed by atoms with van der Waals surface area (Å²) in [6, 6.07) is 3.64. The van der Waals surface area contributed by atoms with Crippen molar-refractivity contribution < 1.29 is 9.59 Å². The van der Waals surface area contributed by atoms with Gasteiger partial charge in [-0.05, 0) is 53.2 Å². The Morgan fingerprint density at radius 3 is 2.52 bits per heavy atom. The van der Waals surface area contributed by atoms with Crippen LogP contribution >= 0.6 is 15.9 Å². The van der Waals surface area contributed by atoms with Crippen molar-refractivity contribution in [2.24, 2.45) is 11.8 Å². The first-order valence-electron chi connectivity index (χ1n) is 9.32. The van der Waals surface area contributed by atoms with Crippen LogP contribution in [0.15, 0.2) is 22.8 Å². The van der Waals surface area contributed by atoms with Crippen LogP contribution < -0.4 is 5.32 Å². The Bertz CT molecular complexity index is 591. The van der Waals surface area contributed by atoms with E-state index in [9.17, 15) is 9.59 Å². The first kappa shape index (κ1) is 18.4. The predicted octanol–water partition coefficient (Wildman–Crippen LogP) is 3.99. The Morgan fingerprint density at radius 2 is 1.88 bits per heavy atom. The predicted molar refractivity (Wildman–Crippen MR) is 101 cm³/mol. The highest BCUT2D eigenvalue weighted by Gasteiger charge is 2.28. The summed E-state index contributed by atoms with van der Waals surface area (Å²) in [5.41, 5.74) is 0. The highest BCUT2D eigenvalue weighted by molar-refractivity contribution is 9.10. The molecule has 1 aliphatic carbocycles. The zero-order valence-electron chi connectivity index (χ0n) is 14.5. The fourth-order valence-electron chi connectivity index (χ4n) is 3.85. The Morgan fingerprint density at radius 1 is 1.16 bits per heavy atom. The molecule has 2 aliphatic rings. The number of likely N-dealkylation sites (tertiary alicyclic amines) is 1. The maximum Gasteiger partial charge on any atom is 0.228 e. The van der Waals surface area contributed by atoms with Gasteiger partial charge in [-0.3, -0.25) is 9.59 Å². The van der Waals surface area contributed by atoms with Crippen LogP contribution in [0.5, 0.6) is 0 Å². The average Bonchev–Trinajstić information content (AvgIpc) is 3.15. The summed E-state index contributed by atoms with van der Waals surface area (Å²) in [5.74, 6) is 1.56. The molecular weight excluding hydrogens is 382 g/mol. The van der Waals surface area contributed by atoms with Gasteiger partial charge in [0.1, 0.15) is 5.82 Å². The number of carbonyl (C=O) groups excluding carboxylic acids is 2. The van der Waals surface area contributed by atoms with E-state index >= 15 is 0 Å². The molecule has 6 heteroatoms. The zero-order chi connectivity index (χ0) is 17.6. The molecule has 1 saturated heterocycles. The Kier molecular flexibility index (Phi) is 6.45. The molecule has 136 valence electrons. The van der Waals surface area contributed by atoms with Gasteiger partial charge >= 0.3 is 0 Å². The van der Waals surface area contributed by atoms with Crippen molar-refractivity contribution in [2.75, 3.05) is 18.4 Å². The third-order valence-corrected chi connectivity index (χ3v) is 5.91. The Labute approximate surface area is 157 Å². The number of pyridine rings is 1. The maximum absolute atomic E-state index is 12.4. The standard InChI is InChI=1S/C19H26BrN3O2/c20-16-6-7-17(21-13-16)22-19(25)15-9-11-23(12-10-15)18(24)8-5-14-3-1-2-4-14/h6-7,13-15H,1-5,8-12H2,(H,21,22,25). The maximum atomic E-state index is 12.4. The lowest BCUT2D eigenvalue weighted by atomic mass is 9.95. The zero-order valence-corrected chi connectivity index (χ0v) is 16.1. The van der Waals surface area contributed by atoms with Crippen molar-refractivity contribution in [2.45, 2.75) is 51.4 Å². The minimum absolute atomic E-state index is 0.00729. The van der Waals surface area contributed by atoms with Gasteiger partial charge in [0.15, 0.2) is 0 Å². The molecule has 0 bridgehead atoms. The molecule has 2 amide bonds. The minimum Gasteiger partial charge on any atom is -0.343 e. The summed E-state index contributed by atoms with van der Waals surface area (Å²) >= 11 is 3.33. The van der Waals surface area contributed by atoms with Crippen LogP contribution in [0.2, 0.25) is 0 Å². The van der Waals surface area contributed by atoms with E-state index in [1.165, 1.54) is 25.7 Å². The molecule has 0 atom stereocenters. The third-order valence-electron chi connectivity index (χ3n) is 5.44. The van der Waals surface area contributed by atoms with E-state index in [0.29, 0.717) is 25.3 Å². The smallest absolute Gasteiger partial charge is 0.228 e. The first-order chi connectivity index (χ1) is 12.1. The molecule has 2 fully saturated rings. The molecule has 0 aromatic carbocycles. The fourth-order valence-corrected chi connectivity index (χ4v) is 4.09. The number of aromatic nitrogens is 1. The minimum atomic E-state index is -0.0377. The first-order valence-corrected chi connectivity index (χ1v) is 10.1. The van der Waals surface area contributed by atoms with Gasteiger partial charge in [0.25, 0.3) is 0 Å². The number of hydrogen-bond donors (Lipinski definition) is 1.